The number of hydrogen-bond donors (Lipinski definition) is 0. The van der Waals surface area contributed by atoms with Crippen LogP contribution < -0.4 is 4.74 Å². The Bertz CT molecular complexity index is 899. The van der Waals surface area contributed by atoms with E-state index in [1.807, 2.05) is 18.9 Å². The summed E-state index contributed by atoms with van der Waals surface area (Å²) in [7, 11) is 1.81. The van der Waals surface area contributed by atoms with Crippen LogP contribution >= 0.6 is 0 Å². The van der Waals surface area contributed by atoms with Crippen molar-refractivity contribution in [2.75, 3.05) is 7.05 Å². The summed E-state index contributed by atoms with van der Waals surface area (Å²) in [5.74, 6) is -0.899. The zero-order valence-corrected chi connectivity index (χ0v) is 14.8. The van der Waals surface area contributed by atoms with Crippen LogP contribution in [0.2, 0.25) is 0 Å². The van der Waals surface area contributed by atoms with E-state index in [0.29, 0.717) is 29.6 Å². The van der Waals surface area contributed by atoms with Crippen molar-refractivity contribution in [2.45, 2.75) is 26.1 Å². The standard InChI is InChI=1S/C19H18F3N3O2/c1-12(13-3-8-16(21)17(22)9-13)25(2)10-19-23-18(24-27-19)11-26-15-6-4-14(20)5-7-15/h3-9,12H,10-11H2,1-2H3. The van der Waals surface area contributed by atoms with E-state index in [4.69, 9.17) is 9.26 Å². The van der Waals surface area contributed by atoms with Crippen molar-refractivity contribution < 1.29 is 22.4 Å². The minimum absolute atomic E-state index is 0.0809. The van der Waals surface area contributed by atoms with Crippen molar-refractivity contribution in [3.8, 4) is 5.75 Å². The van der Waals surface area contributed by atoms with Crippen LogP contribution in [0, 0.1) is 17.5 Å². The minimum atomic E-state index is -0.884. The molecule has 142 valence electrons. The second-order valence-electron chi connectivity index (χ2n) is 6.11. The van der Waals surface area contributed by atoms with E-state index in [-0.39, 0.29) is 18.5 Å². The molecule has 0 aliphatic carbocycles. The third kappa shape index (κ3) is 4.85. The minimum Gasteiger partial charge on any atom is -0.485 e. The summed E-state index contributed by atoms with van der Waals surface area (Å²) in [6.07, 6.45) is 0. The molecule has 1 unspecified atom stereocenters. The summed E-state index contributed by atoms with van der Waals surface area (Å²) in [6.45, 7) is 2.27. The van der Waals surface area contributed by atoms with Crippen molar-refractivity contribution in [1.29, 1.82) is 0 Å². The quantitative estimate of drug-likeness (QED) is 0.616. The van der Waals surface area contributed by atoms with Crippen LogP contribution in [0.1, 0.15) is 30.2 Å². The van der Waals surface area contributed by atoms with Crippen molar-refractivity contribution in [3.05, 3.63) is 77.2 Å². The maximum atomic E-state index is 13.4. The van der Waals surface area contributed by atoms with Crippen molar-refractivity contribution >= 4 is 0 Å². The number of halogens is 3. The summed E-state index contributed by atoms with van der Waals surface area (Å²) in [5, 5.41) is 3.84. The number of aromatic nitrogens is 2. The molecule has 0 amide bonds. The Morgan fingerprint density at radius 2 is 1.81 bits per heavy atom. The zero-order chi connectivity index (χ0) is 19.4. The van der Waals surface area contributed by atoms with Gasteiger partial charge in [0, 0.05) is 6.04 Å². The van der Waals surface area contributed by atoms with E-state index < -0.39 is 11.6 Å². The first-order valence-electron chi connectivity index (χ1n) is 8.27. The fourth-order valence-electron chi connectivity index (χ4n) is 2.47. The molecule has 0 aliphatic rings. The van der Waals surface area contributed by atoms with Gasteiger partial charge in [-0.3, -0.25) is 4.90 Å². The molecule has 1 heterocycles. The van der Waals surface area contributed by atoms with Gasteiger partial charge >= 0.3 is 0 Å². The van der Waals surface area contributed by atoms with E-state index in [1.54, 1.807) is 0 Å². The smallest absolute Gasteiger partial charge is 0.240 e. The van der Waals surface area contributed by atoms with Gasteiger partial charge in [-0.05, 0) is 55.9 Å². The molecule has 3 rings (SSSR count). The molecule has 2 aromatic carbocycles. The lowest BCUT2D eigenvalue weighted by Crippen LogP contribution is -2.22. The maximum Gasteiger partial charge on any atom is 0.240 e. The Balaban J connectivity index is 1.57. The first kappa shape index (κ1) is 18.9. The summed E-state index contributed by atoms with van der Waals surface area (Å²) < 4.78 is 50.0. The molecule has 0 radical (unpaired) electrons. The molecule has 0 aliphatic heterocycles. The number of ether oxygens (including phenoxy) is 1. The molecule has 1 atom stereocenters. The highest BCUT2D eigenvalue weighted by molar-refractivity contribution is 5.22. The fourth-order valence-corrected chi connectivity index (χ4v) is 2.47. The van der Waals surface area contributed by atoms with E-state index >= 15 is 0 Å². The van der Waals surface area contributed by atoms with Crippen LogP contribution in [0.25, 0.3) is 0 Å². The lowest BCUT2D eigenvalue weighted by molar-refractivity contribution is 0.215. The van der Waals surface area contributed by atoms with Gasteiger partial charge in [0.05, 0.1) is 6.54 Å². The average Bonchev–Trinajstić information content (AvgIpc) is 3.10. The second-order valence-corrected chi connectivity index (χ2v) is 6.11. The predicted molar refractivity (Wildman–Crippen MR) is 91.3 cm³/mol. The number of rotatable bonds is 7. The zero-order valence-electron chi connectivity index (χ0n) is 14.8. The Kier molecular flexibility index (Phi) is 5.75. The highest BCUT2D eigenvalue weighted by Crippen LogP contribution is 2.22. The Morgan fingerprint density at radius 3 is 2.52 bits per heavy atom. The average molecular weight is 377 g/mol. The molecular weight excluding hydrogens is 359 g/mol. The second kappa shape index (κ2) is 8.22. The Hall–Kier alpha value is -2.87. The van der Waals surface area contributed by atoms with E-state index in [9.17, 15) is 13.2 Å². The third-order valence-electron chi connectivity index (χ3n) is 4.16. The number of benzene rings is 2. The van der Waals surface area contributed by atoms with Gasteiger partial charge in [0.25, 0.3) is 0 Å². The lowest BCUT2D eigenvalue weighted by Gasteiger charge is -2.23. The summed E-state index contributed by atoms with van der Waals surface area (Å²) in [5.41, 5.74) is 0.635. The van der Waals surface area contributed by atoms with E-state index in [0.717, 1.165) is 6.07 Å². The van der Waals surface area contributed by atoms with E-state index in [1.165, 1.54) is 36.4 Å². The maximum absolute atomic E-state index is 13.4. The lowest BCUT2D eigenvalue weighted by atomic mass is 10.1. The monoisotopic (exact) mass is 377 g/mol. The molecule has 0 spiro atoms. The predicted octanol–water partition coefficient (Wildman–Crippen LogP) is 4.26. The van der Waals surface area contributed by atoms with Crippen LogP contribution in [0.3, 0.4) is 0 Å². The SMILES string of the molecule is CC(c1ccc(F)c(F)c1)N(C)Cc1nc(COc2ccc(F)cc2)no1. The first-order valence-corrected chi connectivity index (χ1v) is 8.27. The van der Waals surface area contributed by atoms with Crippen LogP contribution in [0.15, 0.2) is 47.0 Å². The van der Waals surface area contributed by atoms with E-state index in [2.05, 4.69) is 10.1 Å². The Labute approximate surface area is 154 Å². The number of hydrogen-bond acceptors (Lipinski definition) is 5. The molecule has 1 aromatic heterocycles. The highest BCUT2D eigenvalue weighted by Gasteiger charge is 2.17. The molecule has 0 saturated heterocycles. The van der Waals surface area contributed by atoms with Gasteiger partial charge in [0.2, 0.25) is 11.7 Å². The van der Waals surface area contributed by atoms with Gasteiger partial charge in [0.1, 0.15) is 11.6 Å². The third-order valence-corrected chi connectivity index (χ3v) is 4.16. The summed E-state index contributed by atoms with van der Waals surface area (Å²) >= 11 is 0. The van der Waals surface area contributed by atoms with Crippen LogP contribution in [0.5, 0.6) is 5.75 Å². The van der Waals surface area contributed by atoms with Crippen molar-refractivity contribution in [3.63, 3.8) is 0 Å². The first-order chi connectivity index (χ1) is 12.9. The number of nitrogens with zero attached hydrogens (tertiary/aromatic N) is 3. The molecule has 8 heteroatoms. The summed E-state index contributed by atoms with van der Waals surface area (Å²) in [6, 6.07) is 9.23. The molecule has 27 heavy (non-hydrogen) atoms. The van der Waals surface area contributed by atoms with Gasteiger partial charge in [-0.2, -0.15) is 4.98 Å². The topological polar surface area (TPSA) is 51.4 Å². The summed E-state index contributed by atoms with van der Waals surface area (Å²) in [4.78, 5) is 6.10. The molecule has 0 saturated carbocycles. The van der Waals surface area contributed by atoms with Crippen molar-refractivity contribution in [2.24, 2.45) is 0 Å². The Morgan fingerprint density at radius 1 is 1.07 bits per heavy atom. The van der Waals surface area contributed by atoms with Gasteiger partial charge in [-0.25, -0.2) is 13.2 Å². The van der Waals surface area contributed by atoms with Gasteiger partial charge in [0.15, 0.2) is 18.2 Å². The van der Waals surface area contributed by atoms with Gasteiger partial charge < -0.3 is 9.26 Å². The van der Waals surface area contributed by atoms with Crippen LogP contribution in [-0.2, 0) is 13.2 Å². The molecule has 0 bridgehead atoms. The van der Waals surface area contributed by atoms with Gasteiger partial charge in [-0.15, -0.1) is 0 Å². The molecule has 5 nitrogen and oxygen atoms in total. The fraction of sp³-hybridized carbons (Fsp3) is 0.263. The molecular formula is C19H18F3N3O2. The molecule has 0 N–H and O–H groups in total. The van der Waals surface area contributed by atoms with Gasteiger partial charge in [-0.1, -0.05) is 11.2 Å². The highest BCUT2D eigenvalue weighted by atomic mass is 19.2. The molecule has 3 aromatic rings. The largest absolute Gasteiger partial charge is 0.485 e. The van der Waals surface area contributed by atoms with Crippen LogP contribution in [-0.4, -0.2) is 22.1 Å². The molecule has 0 fully saturated rings. The normalized spacial score (nSPS) is 12.4. The van der Waals surface area contributed by atoms with Crippen molar-refractivity contribution in [1.82, 2.24) is 15.0 Å². The van der Waals surface area contributed by atoms with Crippen LogP contribution in [0.4, 0.5) is 13.2 Å².